The highest BCUT2D eigenvalue weighted by molar-refractivity contribution is 7.17. The van der Waals surface area contributed by atoms with Gasteiger partial charge in [0.2, 0.25) is 5.91 Å². The fourth-order valence-corrected chi connectivity index (χ4v) is 4.04. The third-order valence-corrected chi connectivity index (χ3v) is 5.22. The largest absolute Gasteiger partial charge is 0.481 e. The molecule has 4 N–H and O–H groups in total. The lowest BCUT2D eigenvalue weighted by atomic mass is 9.87. The van der Waals surface area contributed by atoms with E-state index in [-0.39, 0.29) is 11.8 Å². The molecule has 0 aromatic carbocycles. The predicted octanol–water partition coefficient (Wildman–Crippen LogP) is 1.38. The lowest BCUT2D eigenvalue weighted by Gasteiger charge is -2.18. The number of primary amides is 1. The standard InChI is InChI=1S/C14H16N2O4S/c15-11(17)10-8-4-3-7(14(19)20)5-9(8)21-13(10)16-12(18)6-1-2-6/h6-7H,1-5H2,(H2,15,17)(H,16,18)(H,19,20)/t7-/m1/s1. The highest BCUT2D eigenvalue weighted by Crippen LogP contribution is 2.40. The third-order valence-electron chi connectivity index (χ3n) is 4.05. The first-order chi connectivity index (χ1) is 9.97. The van der Waals surface area contributed by atoms with Crippen LogP contribution in [0.5, 0.6) is 0 Å². The second kappa shape index (κ2) is 5.14. The molecule has 1 saturated carbocycles. The van der Waals surface area contributed by atoms with E-state index in [2.05, 4.69) is 5.32 Å². The smallest absolute Gasteiger partial charge is 0.306 e. The number of hydrogen-bond acceptors (Lipinski definition) is 4. The van der Waals surface area contributed by atoms with Gasteiger partial charge < -0.3 is 16.2 Å². The van der Waals surface area contributed by atoms with Crippen LogP contribution in [0.2, 0.25) is 0 Å². The van der Waals surface area contributed by atoms with Crippen molar-refractivity contribution in [2.24, 2.45) is 17.6 Å². The maximum absolute atomic E-state index is 11.9. The van der Waals surface area contributed by atoms with Crippen molar-refractivity contribution in [1.82, 2.24) is 0 Å². The van der Waals surface area contributed by atoms with Crippen LogP contribution in [0.25, 0.3) is 0 Å². The van der Waals surface area contributed by atoms with Crippen LogP contribution in [0.4, 0.5) is 5.00 Å². The number of hydrogen-bond donors (Lipinski definition) is 3. The predicted molar refractivity (Wildman–Crippen MR) is 77.3 cm³/mol. The summed E-state index contributed by atoms with van der Waals surface area (Å²) in [6.45, 7) is 0. The molecule has 1 atom stereocenters. The zero-order valence-corrected chi connectivity index (χ0v) is 12.2. The Hall–Kier alpha value is -1.89. The second-order valence-electron chi connectivity index (χ2n) is 5.61. The maximum atomic E-state index is 11.9. The van der Waals surface area contributed by atoms with E-state index >= 15 is 0 Å². The van der Waals surface area contributed by atoms with Crippen LogP contribution in [0.15, 0.2) is 0 Å². The lowest BCUT2D eigenvalue weighted by Crippen LogP contribution is -2.23. The van der Waals surface area contributed by atoms with Gasteiger partial charge >= 0.3 is 5.97 Å². The molecule has 0 radical (unpaired) electrons. The van der Waals surface area contributed by atoms with Crippen LogP contribution in [-0.2, 0) is 22.4 Å². The third kappa shape index (κ3) is 2.65. The van der Waals surface area contributed by atoms with Crippen LogP contribution >= 0.6 is 11.3 Å². The van der Waals surface area contributed by atoms with Crippen molar-refractivity contribution < 1.29 is 19.5 Å². The molecule has 2 aliphatic rings. The minimum atomic E-state index is -0.821. The summed E-state index contributed by atoms with van der Waals surface area (Å²) < 4.78 is 0. The van der Waals surface area contributed by atoms with Gasteiger partial charge in [-0.15, -0.1) is 11.3 Å². The highest BCUT2D eigenvalue weighted by atomic mass is 32.1. The molecule has 112 valence electrons. The summed E-state index contributed by atoms with van der Waals surface area (Å²) in [4.78, 5) is 35.5. The van der Waals surface area contributed by atoms with Gasteiger partial charge in [0.1, 0.15) is 5.00 Å². The van der Waals surface area contributed by atoms with Gasteiger partial charge in [-0.1, -0.05) is 0 Å². The minimum absolute atomic E-state index is 0.0385. The number of carbonyl (C=O) groups is 3. The van der Waals surface area contributed by atoms with Gasteiger partial charge in [-0.25, -0.2) is 0 Å². The van der Waals surface area contributed by atoms with E-state index in [9.17, 15) is 14.4 Å². The van der Waals surface area contributed by atoms with Crippen molar-refractivity contribution in [3.63, 3.8) is 0 Å². The van der Waals surface area contributed by atoms with E-state index in [0.717, 1.165) is 23.3 Å². The number of thiophene rings is 1. The molecule has 0 saturated heterocycles. The SMILES string of the molecule is NC(=O)c1c(NC(=O)C2CC2)sc2c1CC[C@@H](C(=O)O)C2. The Balaban J connectivity index is 1.91. The molecular weight excluding hydrogens is 292 g/mol. The number of carboxylic acid groups (broad SMARTS) is 1. The second-order valence-corrected chi connectivity index (χ2v) is 6.72. The molecule has 2 amide bonds. The van der Waals surface area contributed by atoms with Crippen LogP contribution in [0.3, 0.4) is 0 Å². The molecular formula is C14H16N2O4S. The van der Waals surface area contributed by atoms with Crippen molar-refractivity contribution in [1.29, 1.82) is 0 Å². The lowest BCUT2D eigenvalue weighted by molar-refractivity contribution is -0.142. The molecule has 7 heteroatoms. The fraction of sp³-hybridized carbons (Fsp3) is 0.500. The first-order valence-corrected chi connectivity index (χ1v) is 7.77. The summed E-state index contributed by atoms with van der Waals surface area (Å²) in [5, 5.41) is 12.4. The van der Waals surface area contributed by atoms with Gasteiger partial charge in [0.05, 0.1) is 11.5 Å². The van der Waals surface area contributed by atoms with Gasteiger partial charge in [0, 0.05) is 10.8 Å². The monoisotopic (exact) mass is 308 g/mol. The number of carboxylic acids is 1. The fourth-order valence-electron chi connectivity index (χ4n) is 2.70. The Morgan fingerprint density at radius 2 is 1.90 bits per heavy atom. The van der Waals surface area contributed by atoms with Gasteiger partial charge in [0.15, 0.2) is 0 Å². The Morgan fingerprint density at radius 1 is 1.19 bits per heavy atom. The molecule has 2 aliphatic carbocycles. The molecule has 3 rings (SSSR count). The number of rotatable bonds is 4. The molecule has 0 bridgehead atoms. The zero-order chi connectivity index (χ0) is 15.1. The number of nitrogens with one attached hydrogen (secondary N) is 1. The Kier molecular flexibility index (Phi) is 3.44. The Bertz CT molecular complexity index is 633. The molecule has 6 nitrogen and oxygen atoms in total. The summed E-state index contributed by atoms with van der Waals surface area (Å²) in [6.07, 6.45) is 3.17. The quantitative estimate of drug-likeness (QED) is 0.780. The molecule has 1 fully saturated rings. The van der Waals surface area contributed by atoms with Crippen molar-refractivity contribution >= 4 is 34.1 Å². The van der Waals surface area contributed by atoms with E-state index in [1.807, 2.05) is 0 Å². The van der Waals surface area contributed by atoms with E-state index in [1.54, 1.807) is 0 Å². The van der Waals surface area contributed by atoms with Gasteiger partial charge in [-0.2, -0.15) is 0 Å². The normalized spacial score (nSPS) is 20.7. The molecule has 1 heterocycles. The molecule has 1 aromatic rings. The maximum Gasteiger partial charge on any atom is 0.306 e. The molecule has 0 unspecified atom stereocenters. The Morgan fingerprint density at radius 3 is 2.48 bits per heavy atom. The van der Waals surface area contributed by atoms with Crippen molar-refractivity contribution in [3.05, 3.63) is 16.0 Å². The number of anilines is 1. The van der Waals surface area contributed by atoms with Crippen molar-refractivity contribution in [3.8, 4) is 0 Å². The van der Waals surface area contributed by atoms with Crippen molar-refractivity contribution in [2.45, 2.75) is 32.1 Å². The van der Waals surface area contributed by atoms with Crippen LogP contribution in [0.1, 0.15) is 40.1 Å². The van der Waals surface area contributed by atoms with E-state index in [4.69, 9.17) is 10.8 Å². The first kappa shape index (κ1) is 14.1. The number of aliphatic carboxylic acids is 1. The summed E-state index contributed by atoms with van der Waals surface area (Å²) in [5.74, 6) is -1.85. The van der Waals surface area contributed by atoms with Gasteiger partial charge in [-0.3, -0.25) is 14.4 Å². The topological polar surface area (TPSA) is 109 Å². The van der Waals surface area contributed by atoms with E-state index < -0.39 is 17.8 Å². The first-order valence-electron chi connectivity index (χ1n) is 6.95. The molecule has 0 spiro atoms. The number of nitrogens with two attached hydrogens (primary N) is 1. The van der Waals surface area contributed by atoms with Crippen LogP contribution < -0.4 is 11.1 Å². The average molecular weight is 308 g/mol. The van der Waals surface area contributed by atoms with Crippen molar-refractivity contribution in [2.75, 3.05) is 5.32 Å². The van der Waals surface area contributed by atoms with E-state index in [0.29, 0.717) is 29.8 Å². The number of carbonyl (C=O) groups excluding carboxylic acids is 2. The van der Waals surface area contributed by atoms with Gasteiger partial charge in [0.25, 0.3) is 5.91 Å². The van der Waals surface area contributed by atoms with Crippen LogP contribution in [-0.4, -0.2) is 22.9 Å². The average Bonchev–Trinajstić information content (AvgIpc) is 3.19. The summed E-state index contributed by atoms with van der Waals surface area (Å²) in [7, 11) is 0. The summed E-state index contributed by atoms with van der Waals surface area (Å²) in [6, 6.07) is 0. The number of amides is 2. The van der Waals surface area contributed by atoms with Crippen LogP contribution in [0, 0.1) is 11.8 Å². The van der Waals surface area contributed by atoms with E-state index in [1.165, 1.54) is 11.3 Å². The molecule has 0 aliphatic heterocycles. The molecule has 1 aromatic heterocycles. The Labute approximate surface area is 125 Å². The summed E-state index contributed by atoms with van der Waals surface area (Å²) in [5.41, 5.74) is 6.63. The minimum Gasteiger partial charge on any atom is -0.481 e. The number of fused-ring (bicyclic) bond motifs is 1. The summed E-state index contributed by atoms with van der Waals surface area (Å²) >= 11 is 1.29. The molecule has 21 heavy (non-hydrogen) atoms. The highest BCUT2D eigenvalue weighted by Gasteiger charge is 2.34. The van der Waals surface area contributed by atoms with Gasteiger partial charge in [-0.05, 0) is 37.7 Å². The zero-order valence-electron chi connectivity index (χ0n) is 11.3.